The van der Waals surface area contributed by atoms with Crippen molar-refractivity contribution < 1.29 is 14.3 Å². The van der Waals surface area contributed by atoms with Crippen LogP contribution in [0.2, 0.25) is 0 Å². The normalized spacial score (nSPS) is 12.5. The Hall–Kier alpha value is -2.44. The van der Waals surface area contributed by atoms with Gasteiger partial charge in [0.2, 0.25) is 5.78 Å². The quantitative estimate of drug-likeness (QED) is 0.450. The Labute approximate surface area is 185 Å². The number of carbonyl (C=O) groups excluding carboxylic acids is 2. The van der Waals surface area contributed by atoms with E-state index in [0.29, 0.717) is 22.0 Å². The van der Waals surface area contributed by atoms with E-state index in [4.69, 9.17) is 17.0 Å². The highest BCUT2D eigenvalue weighted by molar-refractivity contribution is 6.51. The SMILES string of the molecule is CC.CC(C)(C)C(=O)CNc1ccccc1C(=N)C(=O)C1=CC=C(Cl)NC1.COC. The number of halogens is 1. The summed E-state index contributed by atoms with van der Waals surface area (Å²) in [7, 11) is 3.25. The van der Waals surface area contributed by atoms with E-state index in [1.165, 1.54) is 0 Å². The number of carbonyl (C=O) groups is 2. The number of methoxy groups -OCH3 is 1. The summed E-state index contributed by atoms with van der Waals surface area (Å²) < 4.78 is 4.25. The Morgan fingerprint density at radius 3 is 2.23 bits per heavy atom. The molecule has 0 aliphatic carbocycles. The predicted molar refractivity (Wildman–Crippen MR) is 126 cm³/mol. The lowest BCUT2D eigenvalue weighted by Crippen LogP contribution is -2.29. The molecule has 0 aromatic heterocycles. The maximum atomic E-state index is 12.6. The van der Waals surface area contributed by atoms with E-state index in [-0.39, 0.29) is 30.4 Å². The average molecular weight is 436 g/mol. The van der Waals surface area contributed by atoms with E-state index in [1.54, 1.807) is 50.6 Å². The molecule has 1 aliphatic heterocycles. The van der Waals surface area contributed by atoms with Gasteiger partial charge in [-0.25, -0.2) is 0 Å². The zero-order valence-corrected chi connectivity index (χ0v) is 19.7. The van der Waals surface area contributed by atoms with Gasteiger partial charge in [0, 0.05) is 43.0 Å². The van der Waals surface area contributed by atoms with Gasteiger partial charge in [-0.1, -0.05) is 70.5 Å². The second-order valence-electron chi connectivity index (χ2n) is 7.24. The molecule has 1 aromatic rings. The van der Waals surface area contributed by atoms with E-state index in [0.717, 1.165) is 0 Å². The Balaban J connectivity index is 0.00000154. The van der Waals surface area contributed by atoms with Crippen molar-refractivity contribution in [3.63, 3.8) is 0 Å². The lowest BCUT2D eigenvalue weighted by atomic mass is 9.90. The highest BCUT2D eigenvalue weighted by atomic mass is 35.5. The highest BCUT2D eigenvalue weighted by Crippen LogP contribution is 2.20. The van der Waals surface area contributed by atoms with Crippen molar-refractivity contribution in [1.29, 1.82) is 5.41 Å². The fraction of sp³-hybridized carbons (Fsp3) is 0.435. The zero-order chi connectivity index (χ0) is 23.3. The number of ketones is 2. The number of dihydropyridines is 1. The van der Waals surface area contributed by atoms with Crippen LogP contribution in [0.1, 0.15) is 40.2 Å². The first-order chi connectivity index (χ1) is 14.1. The van der Waals surface area contributed by atoms with Gasteiger partial charge in [0.05, 0.1) is 6.54 Å². The second kappa shape index (κ2) is 13.7. The maximum absolute atomic E-state index is 12.6. The summed E-state index contributed by atoms with van der Waals surface area (Å²) in [6, 6.07) is 7.02. The minimum atomic E-state index is -0.449. The standard InChI is InChI=1S/C19H22ClN3O2.C2H6O.C2H6/c1-19(2,3)15(24)11-22-14-7-5-4-6-13(14)17(21)18(25)12-8-9-16(20)23-10-12;1-3-2;1-2/h4-9,21-23H,10-11H2,1-3H3;1-2H3;1-2H3. The summed E-state index contributed by atoms with van der Waals surface area (Å²) in [4.78, 5) is 24.7. The third-order valence-corrected chi connectivity index (χ3v) is 4.13. The number of Topliss-reactive ketones (excluding diaryl/α,β-unsaturated/α-hetero) is 2. The summed E-state index contributed by atoms with van der Waals surface area (Å²) in [6.07, 6.45) is 3.21. The Kier molecular flexibility index (Phi) is 12.6. The molecule has 6 nitrogen and oxygen atoms in total. The van der Waals surface area contributed by atoms with Gasteiger partial charge in [-0.05, 0) is 12.1 Å². The van der Waals surface area contributed by atoms with Gasteiger partial charge in [0.25, 0.3) is 0 Å². The summed E-state index contributed by atoms with van der Waals surface area (Å²) in [6.45, 7) is 10.0. The van der Waals surface area contributed by atoms with Crippen LogP contribution in [0.15, 0.2) is 47.1 Å². The lowest BCUT2D eigenvalue weighted by molar-refractivity contribution is -0.124. The Bertz CT molecular complexity index is 793. The fourth-order valence-corrected chi connectivity index (χ4v) is 2.34. The number of rotatable bonds is 6. The van der Waals surface area contributed by atoms with Crippen LogP contribution in [-0.4, -0.2) is 44.6 Å². The molecule has 1 aromatic carbocycles. The lowest BCUT2D eigenvalue weighted by Gasteiger charge is -2.19. The maximum Gasteiger partial charge on any atom is 0.209 e. The third kappa shape index (κ3) is 8.93. The van der Waals surface area contributed by atoms with Gasteiger partial charge in [0.1, 0.15) is 10.9 Å². The number of nitrogens with one attached hydrogen (secondary N) is 3. The van der Waals surface area contributed by atoms with Crippen molar-refractivity contribution in [2.24, 2.45) is 5.41 Å². The van der Waals surface area contributed by atoms with E-state index >= 15 is 0 Å². The first-order valence-corrected chi connectivity index (χ1v) is 10.2. The van der Waals surface area contributed by atoms with Crippen LogP contribution in [-0.2, 0) is 14.3 Å². The molecule has 1 heterocycles. The van der Waals surface area contributed by atoms with Crippen LogP contribution >= 0.6 is 11.6 Å². The minimum absolute atomic E-state index is 0.0547. The summed E-state index contributed by atoms with van der Waals surface area (Å²) in [5.74, 6) is -0.316. The molecule has 0 saturated heterocycles. The molecule has 0 bridgehead atoms. The molecule has 30 heavy (non-hydrogen) atoms. The molecule has 7 heteroatoms. The molecule has 1 aliphatic rings. The molecule has 0 saturated carbocycles. The van der Waals surface area contributed by atoms with Gasteiger partial charge in [-0.15, -0.1) is 0 Å². The third-order valence-electron chi connectivity index (χ3n) is 3.87. The van der Waals surface area contributed by atoms with Crippen LogP contribution < -0.4 is 10.6 Å². The van der Waals surface area contributed by atoms with Crippen molar-refractivity contribution in [3.8, 4) is 0 Å². The number of hydrogen-bond acceptors (Lipinski definition) is 6. The number of anilines is 1. The number of para-hydroxylation sites is 1. The number of benzene rings is 1. The molecular weight excluding hydrogens is 402 g/mol. The first-order valence-electron chi connectivity index (χ1n) is 9.82. The van der Waals surface area contributed by atoms with Gasteiger partial charge in [0.15, 0.2) is 5.78 Å². The zero-order valence-electron chi connectivity index (χ0n) is 19.0. The summed E-state index contributed by atoms with van der Waals surface area (Å²) in [5, 5.41) is 14.7. The molecule has 0 radical (unpaired) electrons. The smallest absolute Gasteiger partial charge is 0.209 e. The van der Waals surface area contributed by atoms with Crippen LogP contribution in [0, 0.1) is 10.8 Å². The van der Waals surface area contributed by atoms with Crippen LogP contribution in [0.25, 0.3) is 0 Å². The van der Waals surface area contributed by atoms with Crippen molar-refractivity contribution in [2.45, 2.75) is 34.6 Å². The molecule has 166 valence electrons. The average Bonchev–Trinajstić information content (AvgIpc) is 2.73. The Morgan fingerprint density at radius 2 is 1.73 bits per heavy atom. The van der Waals surface area contributed by atoms with Gasteiger partial charge < -0.3 is 15.4 Å². The molecule has 0 atom stereocenters. The molecule has 0 amide bonds. The van der Waals surface area contributed by atoms with E-state index in [2.05, 4.69) is 15.4 Å². The van der Waals surface area contributed by atoms with Gasteiger partial charge in [-0.2, -0.15) is 0 Å². The second-order valence-corrected chi connectivity index (χ2v) is 7.65. The van der Waals surface area contributed by atoms with Crippen LogP contribution in [0.4, 0.5) is 5.69 Å². The Morgan fingerprint density at radius 1 is 1.17 bits per heavy atom. The minimum Gasteiger partial charge on any atom is -0.388 e. The predicted octanol–water partition coefficient (Wildman–Crippen LogP) is 4.55. The van der Waals surface area contributed by atoms with E-state index in [1.807, 2.05) is 34.6 Å². The molecule has 3 N–H and O–H groups in total. The summed E-state index contributed by atoms with van der Waals surface area (Å²) >= 11 is 5.81. The first kappa shape index (κ1) is 27.6. The highest BCUT2D eigenvalue weighted by Gasteiger charge is 2.23. The number of hydrogen-bond donors (Lipinski definition) is 3. The molecular formula is C23H34ClN3O3. The fourth-order valence-electron chi connectivity index (χ4n) is 2.21. The van der Waals surface area contributed by atoms with Crippen molar-refractivity contribution in [3.05, 3.63) is 52.7 Å². The van der Waals surface area contributed by atoms with Crippen LogP contribution in [0.5, 0.6) is 0 Å². The number of allylic oxidation sites excluding steroid dienone is 2. The number of ether oxygens (including phenoxy) is 1. The summed E-state index contributed by atoms with van der Waals surface area (Å²) in [5.41, 5.74) is 0.961. The monoisotopic (exact) mass is 435 g/mol. The molecule has 0 fully saturated rings. The van der Waals surface area contributed by atoms with Crippen molar-refractivity contribution >= 4 is 34.6 Å². The van der Waals surface area contributed by atoms with Crippen molar-refractivity contribution in [2.75, 3.05) is 32.6 Å². The molecule has 2 rings (SSSR count). The van der Waals surface area contributed by atoms with Gasteiger partial charge in [-0.3, -0.25) is 15.0 Å². The van der Waals surface area contributed by atoms with Crippen molar-refractivity contribution in [1.82, 2.24) is 5.32 Å². The van der Waals surface area contributed by atoms with Gasteiger partial charge >= 0.3 is 0 Å². The largest absolute Gasteiger partial charge is 0.388 e. The topological polar surface area (TPSA) is 91.3 Å². The van der Waals surface area contributed by atoms with E-state index < -0.39 is 5.41 Å². The van der Waals surface area contributed by atoms with E-state index in [9.17, 15) is 9.59 Å². The van der Waals surface area contributed by atoms with Crippen LogP contribution in [0.3, 0.4) is 0 Å². The molecule has 0 spiro atoms. The molecule has 0 unspecified atom stereocenters.